The van der Waals surface area contributed by atoms with Crippen LogP contribution in [-0.4, -0.2) is 50.1 Å². The molecule has 1 saturated heterocycles. The number of hydrogen-bond donors (Lipinski definition) is 1. The highest BCUT2D eigenvalue weighted by Gasteiger charge is 2.27. The predicted molar refractivity (Wildman–Crippen MR) is 100 cm³/mol. The Bertz CT molecular complexity index is 746. The van der Waals surface area contributed by atoms with Crippen LogP contribution >= 0.6 is 11.3 Å². The van der Waals surface area contributed by atoms with E-state index in [9.17, 15) is 9.59 Å². The second kappa shape index (κ2) is 8.23. The van der Waals surface area contributed by atoms with Gasteiger partial charge < -0.3 is 19.7 Å². The van der Waals surface area contributed by atoms with Gasteiger partial charge >= 0.3 is 0 Å². The number of benzene rings is 1. The van der Waals surface area contributed by atoms with E-state index in [4.69, 9.17) is 9.47 Å². The fourth-order valence-electron chi connectivity index (χ4n) is 3.12. The topological polar surface area (TPSA) is 67.9 Å². The molecule has 0 spiro atoms. The zero-order valence-corrected chi connectivity index (χ0v) is 15.7. The molecule has 0 bridgehead atoms. The minimum Gasteiger partial charge on any atom is -0.496 e. The van der Waals surface area contributed by atoms with E-state index in [2.05, 4.69) is 5.32 Å². The Morgan fingerprint density at radius 3 is 2.27 bits per heavy atom. The summed E-state index contributed by atoms with van der Waals surface area (Å²) in [6, 6.07) is 8.99. The average molecular weight is 374 g/mol. The first kappa shape index (κ1) is 18.3. The molecular weight excluding hydrogens is 352 g/mol. The van der Waals surface area contributed by atoms with Crippen LogP contribution in [0.1, 0.15) is 32.9 Å². The molecule has 7 heteroatoms. The maximum atomic E-state index is 12.7. The van der Waals surface area contributed by atoms with Crippen molar-refractivity contribution >= 4 is 23.2 Å². The lowest BCUT2D eigenvalue weighted by atomic mass is 10.0. The van der Waals surface area contributed by atoms with E-state index in [0.29, 0.717) is 30.2 Å². The highest BCUT2D eigenvalue weighted by molar-refractivity contribution is 7.12. The molecule has 0 unspecified atom stereocenters. The Morgan fingerprint density at radius 2 is 1.73 bits per heavy atom. The molecule has 3 rings (SSSR count). The van der Waals surface area contributed by atoms with Gasteiger partial charge in [-0.2, -0.15) is 0 Å². The minimum absolute atomic E-state index is 0.0181. The number of nitrogens with zero attached hydrogens (tertiary/aromatic N) is 1. The SMILES string of the molecule is COc1cccc(OC)c1C(=O)NC1CCN(C(=O)c2cccs2)CC1. The van der Waals surface area contributed by atoms with Gasteiger partial charge in [-0.25, -0.2) is 0 Å². The molecule has 1 aromatic heterocycles. The maximum Gasteiger partial charge on any atom is 0.263 e. The van der Waals surface area contributed by atoms with E-state index in [0.717, 1.165) is 17.7 Å². The molecule has 1 fully saturated rings. The molecule has 0 atom stereocenters. The zero-order chi connectivity index (χ0) is 18.5. The monoisotopic (exact) mass is 374 g/mol. The third kappa shape index (κ3) is 3.83. The van der Waals surface area contributed by atoms with Crippen LogP contribution in [-0.2, 0) is 0 Å². The number of thiophene rings is 1. The van der Waals surface area contributed by atoms with E-state index in [1.54, 1.807) is 18.2 Å². The number of rotatable bonds is 5. The summed E-state index contributed by atoms with van der Waals surface area (Å²) in [5.74, 6) is 0.804. The van der Waals surface area contributed by atoms with Gasteiger partial charge in [0.2, 0.25) is 0 Å². The first-order valence-corrected chi connectivity index (χ1v) is 9.36. The van der Waals surface area contributed by atoms with Crippen LogP contribution in [0.4, 0.5) is 0 Å². The van der Waals surface area contributed by atoms with Crippen molar-refractivity contribution in [1.82, 2.24) is 10.2 Å². The summed E-state index contributed by atoms with van der Waals surface area (Å²) in [7, 11) is 3.06. The Hall–Kier alpha value is -2.54. The van der Waals surface area contributed by atoms with Crippen LogP contribution in [0.2, 0.25) is 0 Å². The van der Waals surface area contributed by atoms with Crippen molar-refractivity contribution in [3.63, 3.8) is 0 Å². The molecular formula is C19H22N2O4S. The maximum absolute atomic E-state index is 12.7. The molecule has 1 aromatic carbocycles. The standard InChI is InChI=1S/C19H22N2O4S/c1-24-14-5-3-6-15(25-2)17(14)18(22)20-13-8-10-21(11-9-13)19(23)16-7-4-12-26-16/h3-7,12-13H,8-11H2,1-2H3,(H,20,22). The quantitative estimate of drug-likeness (QED) is 0.874. The number of carbonyl (C=O) groups is 2. The van der Waals surface area contributed by atoms with Gasteiger partial charge in [0.05, 0.1) is 19.1 Å². The van der Waals surface area contributed by atoms with Crippen molar-refractivity contribution in [2.75, 3.05) is 27.3 Å². The molecule has 2 heterocycles. The lowest BCUT2D eigenvalue weighted by Crippen LogP contribution is -2.46. The van der Waals surface area contributed by atoms with Gasteiger partial charge in [-0.15, -0.1) is 11.3 Å². The fourth-order valence-corrected chi connectivity index (χ4v) is 3.81. The van der Waals surface area contributed by atoms with Crippen molar-refractivity contribution < 1.29 is 19.1 Å². The van der Waals surface area contributed by atoms with Gasteiger partial charge in [0.1, 0.15) is 17.1 Å². The number of carbonyl (C=O) groups excluding carboxylic acids is 2. The van der Waals surface area contributed by atoms with Gasteiger partial charge in [0.25, 0.3) is 11.8 Å². The third-order valence-corrected chi connectivity index (χ3v) is 5.36. The summed E-state index contributed by atoms with van der Waals surface area (Å²) >= 11 is 1.45. The van der Waals surface area contributed by atoms with Gasteiger partial charge in [-0.3, -0.25) is 9.59 Å². The fraction of sp³-hybridized carbons (Fsp3) is 0.368. The summed E-state index contributed by atoms with van der Waals surface area (Å²) in [6.07, 6.45) is 1.45. The lowest BCUT2D eigenvalue weighted by Gasteiger charge is -2.32. The van der Waals surface area contributed by atoms with Crippen molar-refractivity contribution in [2.24, 2.45) is 0 Å². The number of ether oxygens (including phenoxy) is 2. The van der Waals surface area contributed by atoms with E-state index in [1.807, 2.05) is 22.4 Å². The molecule has 1 N–H and O–H groups in total. The molecule has 2 amide bonds. The summed E-state index contributed by atoms with van der Waals surface area (Å²) in [4.78, 5) is 27.7. The molecule has 26 heavy (non-hydrogen) atoms. The van der Waals surface area contributed by atoms with Crippen LogP contribution in [0, 0.1) is 0 Å². The van der Waals surface area contributed by atoms with Crippen LogP contribution in [0.15, 0.2) is 35.7 Å². The second-order valence-corrected chi connectivity index (χ2v) is 7.00. The van der Waals surface area contributed by atoms with Crippen molar-refractivity contribution in [1.29, 1.82) is 0 Å². The average Bonchev–Trinajstić information content (AvgIpc) is 3.22. The zero-order valence-electron chi connectivity index (χ0n) is 14.9. The first-order chi connectivity index (χ1) is 12.6. The summed E-state index contributed by atoms with van der Waals surface area (Å²) < 4.78 is 10.6. The summed E-state index contributed by atoms with van der Waals surface area (Å²) in [5.41, 5.74) is 0.398. The Labute approximate surface area is 156 Å². The predicted octanol–water partition coefficient (Wildman–Crippen LogP) is 2.80. The molecule has 2 aromatic rings. The van der Waals surface area contributed by atoms with Crippen molar-refractivity contribution in [2.45, 2.75) is 18.9 Å². The Kier molecular flexibility index (Phi) is 5.78. The van der Waals surface area contributed by atoms with Crippen LogP contribution in [0.25, 0.3) is 0 Å². The summed E-state index contributed by atoms with van der Waals surface area (Å²) in [5, 5.41) is 4.95. The number of nitrogens with one attached hydrogen (secondary N) is 1. The normalized spacial score (nSPS) is 14.8. The number of likely N-dealkylation sites (tertiary alicyclic amines) is 1. The largest absolute Gasteiger partial charge is 0.496 e. The van der Waals surface area contributed by atoms with Gasteiger partial charge in [0, 0.05) is 19.1 Å². The molecule has 1 aliphatic rings. The Morgan fingerprint density at radius 1 is 1.08 bits per heavy atom. The second-order valence-electron chi connectivity index (χ2n) is 6.05. The van der Waals surface area contributed by atoms with Crippen LogP contribution in [0.5, 0.6) is 11.5 Å². The lowest BCUT2D eigenvalue weighted by molar-refractivity contribution is 0.0702. The number of piperidine rings is 1. The van der Waals surface area contributed by atoms with E-state index in [-0.39, 0.29) is 17.9 Å². The molecule has 0 saturated carbocycles. The minimum atomic E-state index is -0.220. The highest BCUT2D eigenvalue weighted by atomic mass is 32.1. The van der Waals surface area contributed by atoms with Crippen molar-refractivity contribution in [3.8, 4) is 11.5 Å². The molecule has 1 aliphatic heterocycles. The summed E-state index contributed by atoms with van der Waals surface area (Å²) in [6.45, 7) is 1.26. The van der Waals surface area contributed by atoms with Crippen LogP contribution < -0.4 is 14.8 Å². The van der Waals surface area contributed by atoms with Gasteiger partial charge in [0.15, 0.2) is 0 Å². The molecule has 6 nitrogen and oxygen atoms in total. The third-order valence-electron chi connectivity index (χ3n) is 4.50. The van der Waals surface area contributed by atoms with Gasteiger partial charge in [-0.05, 0) is 36.4 Å². The van der Waals surface area contributed by atoms with E-state index < -0.39 is 0 Å². The van der Waals surface area contributed by atoms with Crippen LogP contribution in [0.3, 0.4) is 0 Å². The number of amides is 2. The first-order valence-electron chi connectivity index (χ1n) is 8.48. The smallest absolute Gasteiger partial charge is 0.263 e. The number of methoxy groups -OCH3 is 2. The van der Waals surface area contributed by atoms with E-state index in [1.165, 1.54) is 25.6 Å². The number of hydrogen-bond acceptors (Lipinski definition) is 5. The highest BCUT2D eigenvalue weighted by Crippen LogP contribution is 2.28. The molecule has 0 aliphatic carbocycles. The Balaban J connectivity index is 1.61. The molecule has 0 radical (unpaired) electrons. The molecule has 138 valence electrons. The van der Waals surface area contributed by atoms with Gasteiger partial charge in [-0.1, -0.05) is 12.1 Å². The van der Waals surface area contributed by atoms with Crippen molar-refractivity contribution in [3.05, 3.63) is 46.2 Å². The van der Waals surface area contributed by atoms with E-state index >= 15 is 0 Å².